The van der Waals surface area contributed by atoms with Gasteiger partial charge in [-0.2, -0.15) is 18.2 Å². The highest BCUT2D eigenvalue weighted by atomic mass is 19.4. The number of ether oxygens (including phenoxy) is 1. The SMILES string of the molecule is CC(C)c1ccc(Nc2ncc(C(F)(F)F)c(Nc3ccc(OC(C)(C)C)cc3)n2)cc1. The Balaban J connectivity index is 1.84. The van der Waals surface area contributed by atoms with E-state index in [2.05, 4.69) is 34.4 Å². The molecule has 2 aromatic carbocycles. The van der Waals surface area contributed by atoms with Crippen LogP contribution in [0.4, 0.5) is 36.3 Å². The van der Waals surface area contributed by atoms with E-state index in [9.17, 15) is 13.2 Å². The van der Waals surface area contributed by atoms with Crippen molar-refractivity contribution in [1.82, 2.24) is 9.97 Å². The summed E-state index contributed by atoms with van der Waals surface area (Å²) in [7, 11) is 0. The Labute approximate surface area is 186 Å². The van der Waals surface area contributed by atoms with Crippen molar-refractivity contribution in [3.05, 3.63) is 65.9 Å². The lowest BCUT2D eigenvalue weighted by molar-refractivity contribution is -0.137. The summed E-state index contributed by atoms with van der Waals surface area (Å²) >= 11 is 0. The number of hydrogen-bond donors (Lipinski definition) is 2. The maximum Gasteiger partial charge on any atom is 0.421 e. The monoisotopic (exact) mass is 444 g/mol. The molecule has 8 heteroatoms. The maximum absolute atomic E-state index is 13.5. The van der Waals surface area contributed by atoms with E-state index in [1.807, 2.05) is 45.0 Å². The number of benzene rings is 2. The predicted molar refractivity (Wildman–Crippen MR) is 121 cm³/mol. The summed E-state index contributed by atoms with van der Waals surface area (Å²) in [5, 5.41) is 5.71. The summed E-state index contributed by atoms with van der Waals surface area (Å²) in [6.45, 7) is 9.92. The van der Waals surface area contributed by atoms with E-state index in [1.54, 1.807) is 24.3 Å². The van der Waals surface area contributed by atoms with Crippen molar-refractivity contribution in [3.63, 3.8) is 0 Å². The van der Waals surface area contributed by atoms with Crippen molar-refractivity contribution in [2.24, 2.45) is 0 Å². The van der Waals surface area contributed by atoms with Crippen LogP contribution in [0, 0.1) is 0 Å². The Hall–Kier alpha value is -3.29. The van der Waals surface area contributed by atoms with Gasteiger partial charge >= 0.3 is 6.18 Å². The second kappa shape index (κ2) is 9.06. The van der Waals surface area contributed by atoms with Gasteiger partial charge in [0.1, 0.15) is 22.7 Å². The van der Waals surface area contributed by atoms with Gasteiger partial charge in [-0.15, -0.1) is 0 Å². The van der Waals surface area contributed by atoms with Gasteiger partial charge in [0.05, 0.1) is 0 Å². The van der Waals surface area contributed by atoms with Gasteiger partial charge < -0.3 is 15.4 Å². The second-order valence-electron chi connectivity index (χ2n) is 8.72. The van der Waals surface area contributed by atoms with Gasteiger partial charge in [-0.25, -0.2) is 4.98 Å². The molecule has 0 atom stereocenters. The zero-order valence-corrected chi connectivity index (χ0v) is 18.7. The van der Waals surface area contributed by atoms with Crippen LogP contribution in [0.3, 0.4) is 0 Å². The van der Waals surface area contributed by atoms with Crippen molar-refractivity contribution in [1.29, 1.82) is 0 Å². The molecule has 3 aromatic rings. The molecule has 0 radical (unpaired) electrons. The van der Waals surface area contributed by atoms with E-state index in [0.29, 0.717) is 23.0 Å². The highest BCUT2D eigenvalue weighted by molar-refractivity contribution is 5.63. The highest BCUT2D eigenvalue weighted by Gasteiger charge is 2.35. The molecule has 0 saturated heterocycles. The maximum atomic E-state index is 13.5. The summed E-state index contributed by atoms with van der Waals surface area (Å²) < 4.78 is 46.3. The Kier molecular flexibility index (Phi) is 6.62. The van der Waals surface area contributed by atoms with Crippen LogP contribution < -0.4 is 15.4 Å². The molecule has 0 saturated carbocycles. The first-order valence-corrected chi connectivity index (χ1v) is 10.3. The normalized spacial score (nSPS) is 12.0. The third kappa shape index (κ3) is 6.35. The molecule has 0 fully saturated rings. The van der Waals surface area contributed by atoms with E-state index in [1.165, 1.54) is 0 Å². The van der Waals surface area contributed by atoms with Crippen molar-refractivity contribution in [3.8, 4) is 5.75 Å². The Bertz CT molecular complexity index is 1040. The Morgan fingerprint density at radius 3 is 1.94 bits per heavy atom. The standard InChI is InChI=1S/C24H27F3N4O/c1-15(2)16-6-8-18(9-7-16)30-22-28-14-20(24(25,26)27)21(31-22)29-17-10-12-19(13-11-17)32-23(3,4)5/h6-15H,1-5H3,(H2,28,29,30,31). The van der Waals surface area contributed by atoms with Crippen LogP contribution in [0.25, 0.3) is 0 Å². The summed E-state index contributed by atoms with van der Waals surface area (Å²) in [4.78, 5) is 7.94. The summed E-state index contributed by atoms with van der Waals surface area (Å²) in [6.07, 6.45) is -3.83. The lowest BCUT2D eigenvalue weighted by Crippen LogP contribution is -2.22. The number of halogens is 3. The van der Waals surface area contributed by atoms with Crippen LogP contribution in [0.2, 0.25) is 0 Å². The van der Waals surface area contributed by atoms with E-state index < -0.39 is 11.7 Å². The lowest BCUT2D eigenvalue weighted by atomic mass is 10.0. The fraction of sp³-hybridized carbons (Fsp3) is 0.333. The molecule has 2 N–H and O–H groups in total. The van der Waals surface area contributed by atoms with Crippen LogP contribution in [-0.2, 0) is 6.18 Å². The molecule has 32 heavy (non-hydrogen) atoms. The second-order valence-corrected chi connectivity index (χ2v) is 8.72. The van der Waals surface area contributed by atoms with Gasteiger partial charge in [-0.3, -0.25) is 0 Å². The molecule has 0 unspecified atom stereocenters. The van der Waals surface area contributed by atoms with E-state index >= 15 is 0 Å². The van der Waals surface area contributed by atoms with Gasteiger partial charge in [0.25, 0.3) is 0 Å². The molecular weight excluding hydrogens is 417 g/mol. The molecule has 0 spiro atoms. The molecule has 0 aliphatic heterocycles. The average molecular weight is 445 g/mol. The minimum atomic E-state index is -4.60. The molecule has 0 aliphatic rings. The number of hydrogen-bond acceptors (Lipinski definition) is 5. The number of rotatable bonds is 6. The van der Waals surface area contributed by atoms with Crippen LogP contribution in [-0.4, -0.2) is 15.6 Å². The van der Waals surface area contributed by atoms with Crippen molar-refractivity contribution in [2.45, 2.75) is 52.3 Å². The Morgan fingerprint density at radius 1 is 0.844 bits per heavy atom. The number of alkyl halides is 3. The van der Waals surface area contributed by atoms with Gasteiger partial charge in [0.2, 0.25) is 5.95 Å². The molecule has 0 amide bonds. The zero-order valence-electron chi connectivity index (χ0n) is 18.7. The van der Waals surface area contributed by atoms with Crippen molar-refractivity contribution in [2.75, 3.05) is 10.6 Å². The molecule has 0 aliphatic carbocycles. The third-order valence-corrected chi connectivity index (χ3v) is 4.47. The topological polar surface area (TPSA) is 59.1 Å². The first-order chi connectivity index (χ1) is 14.9. The minimum absolute atomic E-state index is 0.0606. The first kappa shape index (κ1) is 23.4. The third-order valence-electron chi connectivity index (χ3n) is 4.47. The smallest absolute Gasteiger partial charge is 0.421 e. The van der Waals surface area contributed by atoms with Crippen molar-refractivity contribution < 1.29 is 17.9 Å². The molecule has 0 bridgehead atoms. The first-order valence-electron chi connectivity index (χ1n) is 10.3. The van der Waals surface area contributed by atoms with E-state index in [4.69, 9.17) is 4.74 Å². The van der Waals surface area contributed by atoms with E-state index in [-0.39, 0.29) is 17.4 Å². The molecule has 5 nitrogen and oxygen atoms in total. The number of anilines is 4. The quantitative estimate of drug-likeness (QED) is 0.418. The van der Waals surface area contributed by atoms with Gasteiger partial charge in [-0.1, -0.05) is 26.0 Å². The summed E-state index contributed by atoms with van der Waals surface area (Å²) in [5.74, 6) is 0.722. The largest absolute Gasteiger partial charge is 0.488 e. The molecular formula is C24H27F3N4O. The van der Waals surface area contributed by atoms with Gasteiger partial charge in [0, 0.05) is 17.6 Å². The average Bonchev–Trinajstić information content (AvgIpc) is 2.68. The number of nitrogens with zero attached hydrogens (tertiary/aromatic N) is 2. The van der Waals surface area contributed by atoms with Crippen LogP contribution in [0.1, 0.15) is 51.7 Å². The summed E-state index contributed by atoms with van der Waals surface area (Å²) in [5.41, 5.74) is 0.962. The lowest BCUT2D eigenvalue weighted by Gasteiger charge is -2.21. The van der Waals surface area contributed by atoms with Crippen molar-refractivity contribution >= 4 is 23.1 Å². The summed E-state index contributed by atoms with van der Waals surface area (Å²) in [6, 6.07) is 14.3. The molecule has 1 heterocycles. The van der Waals surface area contributed by atoms with Crippen LogP contribution in [0.5, 0.6) is 5.75 Å². The molecule has 170 valence electrons. The Morgan fingerprint density at radius 2 is 1.41 bits per heavy atom. The fourth-order valence-electron chi connectivity index (χ4n) is 2.92. The molecule has 1 aromatic heterocycles. The van der Waals surface area contributed by atoms with Gasteiger partial charge in [-0.05, 0) is 68.7 Å². The number of aromatic nitrogens is 2. The predicted octanol–water partition coefficient (Wildman–Crippen LogP) is 7.28. The molecule has 3 rings (SSSR count). The zero-order chi connectivity index (χ0) is 23.5. The van der Waals surface area contributed by atoms with E-state index in [0.717, 1.165) is 11.8 Å². The number of nitrogens with one attached hydrogen (secondary N) is 2. The van der Waals surface area contributed by atoms with Gasteiger partial charge in [0.15, 0.2) is 0 Å². The minimum Gasteiger partial charge on any atom is -0.488 e. The van der Waals surface area contributed by atoms with Crippen LogP contribution in [0.15, 0.2) is 54.7 Å². The van der Waals surface area contributed by atoms with Crippen LogP contribution >= 0.6 is 0 Å². The highest BCUT2D eigenvalue weighted by Crippen LogP contribution is 2.35. The fourth-order valence-corrected chi connectivity index (χ4v) is 2.92.